The summed E-state index contributed by atoms with van der Waals surface area (Å²) in [6.45, 7) is 0. The normalized spacial score (nSPS) is 11.5. The fraction of sp³-hybridized carbons (Fsp3) is 0. The third-order valence-corrected chi connectivity index (χ3v) is 12.0. The van der Waals surface area contributed by atoms with Crippen LogP contribution < -0.4 is 0 Å². The number of nitrogens with zero attached hydrogens (tertiary/aromatic N) is 5. The summed E-state index contributed by atoms with van der Waals surface area (Å²) in [5.74, 6) is 1.81. The minimum absolute atomic E-state index is 0.565. The summed E-state index contributed by atoms with van der Waals surface area (Å²) >= 11 is 0. The van der Waals surface area contributed by atoms with Crippen molar-refractivity contribution in [2.75, 3.05) is 0 Å². The molecule has 0 aliphatic rings. The molecule has 0 spiro atoms. The molecule has 12 aromatic rings. The molecule has 0 radical (unpaired) electrons. The summed E-state index contributed by atoms with van der Waals surface area (Å²) in [5.41, 5.74) is 14.3. The lowest BCUT2D eigenvalue weighted by Gasteiger charge is -2.14. The number of hydrogen-bond donors (Lipinski definition) is 0. The molecule has 62 heavy (non-hydrogen) atoms. The van der Waals surface area contributed by atoms with E-state index in [1.54, 1.807) is 0 Å². The van der Waals surface area contributed by atoms with Crippen LogP contribution in [0.25, 0.3) is 111 Å². The van der Waals surface area contributed by atoms with E-state index in [0.29, 0.717) is 17.6 Å². The molecule has 0 bridgehead atoms. The average molecular weight is 792 g/mol. The molecule has 5 heteroatoms. The first-order chi connectivity index (χ1) is 30.7. The van der Waals surface area contributed by atoms with Gasteiger partial charge in [-0.25, -0.2) is 4.98 Å². The molecule has 3 heterocycles. The molecule has 0 saturated carbocycles. The topological polar surface area (TPSA) is 48.5 Å². The highest BCUT2D eigenvalue weighted by molar-refractivity contribution is 6.23. The van der Waals surface area contributed by atoms with Gasteiger partial charge in [-0.15, -0.1) is 0 Å². The van der Waals surface area contributed by atoms with E-state index >= 15 is 0 Å². The van der Waals surface area contributed by atoms with Gasteiger partial charge >= 0.3 is 0 Å². The predicted molar refractivity (Wildman–Crippen MR) is 256 cm³/mol. The lowest BCUT2D eigenvalue weighted by molar-refractivity contribution is 0.953. The maximum atomic E-state index is 5.28. The van der Waals surface area contributed by atoms with Gasteiger partial charge in [-0.05, 0) is 69.8 Å². The first-order valence-corrected chi connectivity index (χ1v) is 20.9. The van der Waals surface area contributed by atoms with E-state index < -0.39 is 0 Å². The van der Waals surface area contributed by atoms with Crippen molar-refractivity contribution in [2.45, 2.75) is 0 Å². The van der Waals surface area contributed by atoms with Gasteiger partial charge < -0.3 is 4.57 Å². The Balaban J connectivity index is 1.09. The SMILES string of the molecule is c1ccc(-c2cccc(-c3cccc(-c4cccc(-n5c6ccccc6c6ccc7c8ccccc8n(-c8nc(-c9ccccc9)nc(-c9ccccc9)n8)c7c65)c4)c3)c2)cc1. The average Bonchev–Trinajstić information content (AvgIpc) is 3.88. The number of benzene rings is 9. The van der Waals surface area contributed by atoms with Crippen molar-refractivity contribution in [3.05, 3.63) is 224 Å². The first-order valence-electron chi connectivity index (χ1n) is 20.9. The molecule has 0 unspecified atom stereocenters. The van der Waals surface area contributed by atoms with E-state index in [4.69, 9.17) is 15.0 Å². The van der Waals surface area contributed by atoms with Crippen LogP contribution in [0, 0.1) is 0 Å². The summed E-state index contributed by atoms with van der Waals surface area (Å²) in [5, 5.41) is 4.59. The summed E-state index contributed by atoms with van der Waals surface area (Å²) in [6, 6.07) is 79.4. The van der Waals surface area contributed by atoms with Gasteiger partial charge in [-0.1, -0.05) is 188 Å². The number of rotatable bonds is 7. The third kappa shape index (κ3) is 5.98. The van der Waals surface area contributed by atoms with Crippen molar-refractivity contribution >= 4 is 43.6 Å². The summed E-state index contributed by atoms with van der Waals surface area (Å²) < 4.78 is 4.68. The van der Waals surface area contributed by atoms with E-state index in [1.807, 2.05) is 36.4 Å². The van der Waals surface area contributed by atoms with Gasteiger partial charge in [-0.3, -0.25) is 4.57 Å². The van der Waals surface area contributed by atoms with Crippen LogP contribution in [0.2, 0.25) is 0 Å². The Labute approximate surface area is 358 Å². The highest BCUT2D eigenvalue weighted by Gasteiger charge is 2.23. The van der Waals surface area contributed by atoms with E-state index in [9.17, 15) is 0 Å². The molecular weight excluding hydrogens is 755 g/mol. The van der Waals surface area contributed by atoms with Crippen LogP contribution in [0.5, 0.6) is 0 Å². The zero-order valence-corrected chi connectivity index (χ0v) is 33.6. The molecule has 0 aliphatic heterocycles. The molecule has 0 N–H and O–H groups in total. The van der Waals surface area contributed by atoms with Gasteiger partial charge in [-0.2, -0.15) is 9.97 Å². The molecule has 290 valence electrons. The standard InChI is InChI=1S/C57H37N5/c1-4-17-38(18-5-1)41-23-14-24-42(35-41)43-25-15-26-44(36-43)45-27-16-28-46(37-45)61-51-31-12-10-29-47(51)49-33-34-50-48-30-11-13-32-52(48)62(54(50)53(49)61)57-59-55(39-19-6-2-7-20-39)58-56(60-57)40-21-8-3-9-22-40/h1-37H. The Morgan fingerprint density at radius 3 is 1.18 bits per heavy atom. The summed E-state index contributed by atoms with van der Waals surface area (Å²) in [4.78, 5) is 15.6. The highest BCUT2D eigenvalue weighted by Crippen LogP contribution is 2.42. The Hall–Kier alpha value is -8.41. The molecule has 0 aliphatic carbocycles. The van der Waals surface area contributed by atoms with Crippen molar-refractivity contribution in [1.82, 2.24) is 24.1 Å². The lowest BCUT2D eigenvalue weighted by atomic mass is 9.96. The van der Waals surface area contributed by atoms with Crippen molar-refractivity contribution in [2.24, 2.45) is 0 Å². The maximum Gasteiger partial charge on any atom is 0.238 e. The minimum Gasteiger partial charge on any atom is -0.307 e. The van der Waals surface area contributed by atoms with Crippen LogP contribution in [0.4, 0.5) is 0 Å². The fourth-order valence-corrected chi connectivity index (χ4v) is 9.09. The van der Waals surface area contributed by atoms with Gasteiger partial charge in [0, 0.05) is 38.4 Å². The molecule has 9 aromatic carbocycles. The predicted octanol–water partition coefficient (Wildman–Crippen LogP) is 14.4. The van der Waals surface area contributed by atoms with Crippen molar-refractivity contribution in [3.8, 4) is 67.8 Å². The van der Waals surface area contributed by atoms with E-state index in [2.05, 4.69) is 197 Å². The Morgan fingerprint density at radius 1 is 0.258 bits per heavy atom. The Bertz CT molecular complexity index is 3570. The smallest absolute Gasteiger partial charge is 0.238 e. The molecule has 0 atom stereocenters. The number of aromatic nitrogens is 5. The molecule has 3 aromatic heterocycles. The van der Waals surface area contributed by atoms with E-state index in [1.165, 1.54) is 27.6 Å². The lowest BCUT2D eigenvalue weighted by Crippen LogP contribution is -2.07. The second-order valence-corrected chi connectivity index (χ2v) is 15.7. The van der Waals surface area contributed by atoms with Crippen LogP contribution >= 0.6 is 0 Å². The zero-order valence-electron chi connectivity index (χ0n) is 33.6. The maximum absolute atomic E-state index is 5.28. The zero-order chi connectivity index (χ0) is 41.0. The largest absolute Gasteiger partial charge is 0.307 e. The highest BCUT2D eigenvalue weighted by atomic mass is 15.2. The molecule has 0 saturated heterocycles. The summed E-state index contributed by atoms with van der Waals surface area (Å²) in [7, 11) is 0. The summed E-state index contributed by atoms with van der Waals surface area (Å²) in [6.07, 6.45) is 0. The van der Waals surface area contributed by atoms with Crippen molar-refractivity contribution < 1.29 is 0 Å². The van der Waals surface area contributed by atoms with Crippen molar-refractivity contribution in [1.29, 1.82) is 0 Å². The Kier molecular flexibility index (Phi) is 8.42. The van der Waals surface area contributed by atoms with Gasteiger partial charge in [0.05, 0.1) is 22.1 Å². The van der Waals surface area contributed by atoms with Crippen LogP contribution in [0.15, 0.2) is 224 Å². The van der Waals surface area contributed by atoms with Crippen LogP contribution in [-0.4, -0.2) is 24.1 Å². The van der Waals surface area contributed by atoms with E-state index in [-0.39, 0.29) is 0 Å². The van der Waals surface area contributed by atoms with Gasteiger partial charge in [0.25, 0.3) is 0 Å². The van der Waals surface area contributed by atoms with Gasteiger partial charge in [0.2, 0.25) is 5.95 Å². The first kappa shape index (κ1) is 35.5. The van der Waals surface area contributed by atoms with E-state index in [0.717, 1.165) is 66.2 Å². The minimum atomic E-state index is 0.565. The van der Waals surface area contributed by atoms with Crippen LogP contribution in [0.1, 0.15) is 0 Å². The number of fused-ring (bicyclic) bond motifs is 7. The second kappa shape index (κ2) is 14.7. The monoisotopic (exact) mass is 791 g/mol. The third-order valence-electron chi connectivity index (χ3n) is 12.0. The van der Waals surface area contributed by atoms with Crippen molar-refractivity contribution in [3.63, 3.8) is 0 Å². The quantitative estimate of drug-likeness (QED) is 0.162. The molecule has 5 nitrogen and oxygen atoms in total. The Morgan fingerprint density at radius 2 is 0.645 bits per heavy atom. The fourth-order valence-electron chi connectivity index (χ4n) is 9.09. The molecule has 0 fully saturated rings. The number of para-hydroxylation sites is 2. The number of hydrogen-bond acceptors (Lipinski definition) is 3. The second-order valence-electron chi connectivity index (χ2n) is 15.7. The molecular formula is C57H37N5. The van der Waals surface area contributed by atoms with Crippen LogP contribution in [-0.2, 0) is 0 Å². The van der Waals surface area contributed by atoms with Gasteiger partial charge in [0.15, 0.2) is 11.6 Å². The molecule has 0 amide bonds. The van der Waals surface area contributed by atoms with Gasteiger partial charge in [0.1, 0.15) is 0 Å². The molecule has 12 rings (SSSR count). The van der Waals surface area contributed by atoms with Crippen LogP contribution in [0.3, 0.4) is 0 Å².